The molecule has 0 radical (unpaired) electrons. The van der Waals surface area contributed by atoms with Crippen LogP contribution in [0.15, 0.2) is 40.2 Å². The van der Waals surface area contributed by atoms with E-state index in [1.165, 1.54) is 32.6 Å². The number of allylic oxidation sites excluding steroid dienone is 1. The molecule has 0 saturated carbocycles. The summed E-state index contributed by atoms with van der Waals surface area (Å²) in [5.41, 5.74) is 0. The molecular weight excluding hydrogens is 462 g/mol. The Labute approximate surface area is 161 Å². The molecule has 0 aliphatic heterocycles. The number of carbonyl (C=O) groups excluding carboxylic acids is 1. The number of esters is 1. The molecule has 0 amide bonds. The zero-order valence-corrected chi connectivity index (χ0v) is 17.4. The summed E-state index contributed by atoms with van der Waals surface area (Å²) in [5, 5.41) is 0. The van der Waals surface area contributed by atoms with Crippen LogP contribution < -0.4 is 0 Å². The first kappa shape index (κ1) is 24.9. The van der Waals surface area contributed by atoms with Crippen LogP contribution >= 0.6 is 20.4 Å². The quantitative estimate of drug-likeness (QED) is 0.0865. The van der Waals surface area contributed by atoms with E-state index in [0.717, 1.165) is 16.4 Å². The Morgan fingerprint density at radius 3 is 2.15 bits per heavy atom. The first-order chi connectivity index (χ1) is 12.4. The third-order valence-corrected chi connectivity index (χ3v) is 6.36. The second kappa shape index (κ2) is 16.1. The molecule has 1 aromatic rings. The van der Waals surface area contributed by atoms with Crippen molar-refractivity contribution < 1.29 is 25.3 Å². The van der Waals surface area contributed by atoms with Gasteiger partial charge in [-0.1, -0.05) is 0 Å². The first-order valence-corrected chi connectivity index (χ1v) is 11.7. The Balaban J connectivity index is 0.00000141. The van der Waals surface area contributed by atoms with E-state index in [4.69, 9.17) is 4.74 Å². The molecule has 1 rings (SSSR count). The van der Waals surface area contributed by atoms with Gasteiger partial charge in [0, 0.05) is 0 Å². The average molecular weight is 488 g/mol. The van der Waals surface area contributed by atoms with Crippen LogP contribution in [0.3, 0.4) is 0 Å². The van der Waals surface area contributed by atoms with Crippen molar-refractivity contribution in [2.24, 2.45) is 0 Å². The molecule has 0 N–H and O–H groups in total. The molecule has 0 atom stereocenters. The summed E-state index contributed by atoms with van der Waals surface area (Å²) in [6.07, 6.45) is 7.63. The zero-order chi connectivity index (χ0) is 19.8. The fourth-order valence-corrected chi connectivity index (χ4v) is 4.61. The maximum atomic E-state index is 14.4. The van der Waals surface area contributed by atoms with E-state index in [1.807, 2.05) is 18.2 Å². The maximum Gasteiger partial charge on any atom is 0.762 e. The predicted molar refractivity (Wildman–Crippen MR) is 107 cm³/mol. The molecule has 0 unspecified atom stereocenters. The van der Waals surface area contributed by atoms with Crippen LogP contribution in [-0.4, -0.2) is 13.5 Å². The van der Waals surface area contributed by atoms with Gasteiger partial charge in [-0.3, -0.25) is 12.9 Å². The van der Waals surface area contributed by atoms with Crippen molar-refractivity contribution in [3.05, 3.63) is 43.7 Å². The molecule has 148 valence electrons. The maximum absolute atomic E-state index is 14.4. The molecule has 0 fully saturated rings. The summed E-state index contributed by atoms with van der Waals surface area (Å²) in [6, 6.07) is 9.16. The van der Waals surface area contributed by atoms with Gasteiger partial charge in [0.05, 0.1) is 0 Å². The molecular formula is C18H26BF4IO2. The summed E-state index contributed by atoms with van der Waals surface area (Å²) in [6.45, 7) is 3.56. The van der Waals surface area contributed by atoms with Crippen LogP contribution in [0, 0.1) is 3.57 Å². The molecule has 0 spiro atoms. The Kier molecular flexibility index (Phi) is 15.5. The normalized spacial score (nSPS) is 11.3. The number of unbranched alkanes of at least 4 members (excludes halogenated alkanes) is 5. The van der Waals surface area contributed by atoms with Crippen molar-refractivity contribution in [3.63, 3.8) is 0 Å². The van der Waals surface area contributed by atoms with Gasteiger partial charge in [-0.25, -0.2) is 0 Å². The van der Waals surface area contributed by atoms with Gasteiger partial charge in [0.1, 0.15) is 0 Å². The van der Waals surface area contributed by atoms with Gasteiger partial charge in [-0.15, -0.1) is 0 Å². The van der Waals surface area contributed by atoms with Crippen molar-refractivity contribution in [2.45, 2.75) is 58.8 Å². The van der Waals surface area contributed by atoms with Crippen LogP contribution in [-0.2, 0) is 9.53 Å². The van der Waals surface area contributed by atoms with Gasteiger partial charge in [0.2, 0.25) is 0 Å². The first-order valence-electron chi connectivity index (χ1n) is 8.58. The molecule has 0 aromatic heterocycles. The minimum atomic E-state index is -3.67. The number of rotatable bonds is 10. The Hall–Kier alpha value is -1.06. The molecule has 0 bridgehead atoms. The van der Waals surface area contributed by atoms with E-state index in [9.17, 15) is 20.6 Å². The smallest absolute Gasteiger partial charge is 0.254 e. The van der Waals surface area contributed by atoms with Gasteiger partial charge in [0.25, 0.3) is 0 Å². The van der Waals surface area contributed by atoms with Crippen LogP contribution in [0.4, 0.5) is 15.8 Å². The van der Waals surface area contributed by atoms with Crippen LogP contribution in [0.1, 0.15) is 58.8 Å². The second-order valence-corrected chi connectivity index (χ2v) is 8.86. The van der Waals surface area contributed by atoms with Crippen LogP contribution in [0.25, 0.3) is 0 Å². The fraction of sp³-hybridized carbons (Fsp3) is 0.500. The summed E-state index contributed by atoms with van der Waals surface area (Å²) in [4.78, 5) is 11.2. The molecule has 8 heteroatoms. The average Bonchev–Trinajstić information content (AvgIpc) is 2.57. The number of benzene rings is 1. The van der Waals surface area contributed by atoms with Crippen molar-refractivity contribution in [1.82, 2.24) is 0 Å². The predicted octanol–water partition coefficient (Wildman–Crippen LogP) is 7.28. The van der Waals surface area contributed by atoms with Gasteiger partial charge in [-0.05, 0) is 0 Å². The number of hydrogen-bond donors (Lipinski definition) is 0. The summed E-state index contributed by atoms with van der Waals surface area (Å²) >= 11 is -2.87. The molecule has 0 aliphatic rings. The molecule has 26 heavy (non-hydrogen) atoms. The standard InChI is InChI=1S/C18H26FIO2.BF3/c1-3-4-5-6-7-11-14-18(22-16(2)21)15-20(19)17-12-9-8-10-13-17;2-1(3)4/h8-10,12-13,15H,3-7,11,14H2,1-2H3;/b18-15-;. The molecule has 2 nitrogen and oxygen atoms in total. The van der Waals surface area contributed by atoms with E-state index < -0.39 is 27.9 Å². The molecule has 0 heterocycles. The van der Waals surface area contributed by atoms with Crippen LogP contribution in [0.5, 0.6) is 0 Å². The topological polar surface area (TPSA) is 26.3 Å². The SMILES string of the molecule is CCCCCCCC/C(=C/I(F)c1ccccc1)OC(C)=O.FB(F)F. The minimum Gasteiger partial charge on any atom is -0.254 e. The van der Waals surface area contributed by atoms with Gasteiger partial charge < -0.3 is 0 Å². The zero-order valence-electron chi connectivity index (χ0n) is 15.2. The van der Waals surface area contributed by atoms with Crippen LogP contribution in [0.2, 0.25) is 0 Å². The largest absolute Gasteiger partial charge is 0.762 e. The molecule has 0 saturated heterocycles. The minimum absolute atomic E-state index is 0.366. The number of halogens is 5. The van der Waals surface area contributed by atoms with E-state index in [1.54, 1.807) is 16.2 Å². The monoisotopic (exact) mass is 488 g/mol. The van der Waals surface area contributed by atoms with Crippen molar-refractivity contribution in [1.29, 1.82) is 0 Å². The fourth-order valence-electron chi connectivity index (χ4n) is 2.10. The summed E-state index contributed by atoms with van der Waals surface area (Å²) < 4.78 is 50.9. The third-order valence-electron chi connectivity index (χ3n) is 3.21. The summed E-state index contributed by atoms with van der Waals surface area (Å²) in [7, 11) is -3.67. The van der Waals surface area contributed by atoms with Crippen molar-refractivity contribution in [2.75, 3.05) is 0 Å². The van der Waals surface area contributed by atoms with Gasteiger partial charge in [-0.2, -0.15) is 0 Å². The van der Waals surface area contributed by atoms with E-state index in [2.05, 4.69) is 6.92 Å². The van der Waals surface area contributed by atoms with Crippen molar-refractivity contribution in [3.8, 4) is 0 Å². The Morgan fingerprint density at radius 2 is 1.62 bits per heavy atom. The van der Waals surface area contributed by atoms with Gasteiger partial charge in [0.15, 0.2) is 0 Å². The Bertz CT molecular complexity index is 512. The van der Waals surface area contributed by atoms with Gasteiger partial charge >= 0.3 is 149 Å². The number of carbonyl (C=O) groups is 1. The second-order valence-electron chi connectivity index (χ2n) is 5.49. The number of hydrogen-bond acceptors (Lipinski definition) is 2. The van der Waals surface area contributed by atoms with E-state index in [0.29, 0.717) is 12.2 Å². The summed E-state index contributed by atoms with van der Waals surface area (Å²) in [5.74, 6) is 0.147. The van der Waals surface area contributed by atoms with Crippen molar-refractivity contribution >= 4 is 33.9 Å². The number of ether oxygens (including phenoxy) is 1. The molecule has 0 aliphatic carbocycles. The third kappa shape index (κ3) is 15.2. The molecule has 1 aromatic carbocycles. The van der Waals surface area contributed by atoms with E-state index >= 15 is 0 Å². The Morgan fingerprint density at radius 1 is 1.08 bits per heavy atom. The van der Waals surface area contributed by atoms with E-state index in [-0.39, 0.29) is 5.97 Å².